The SMILES string of the molecule is COc1cccc(C(=O)Nc2ncc(C#CCO)s2)c1. The van der Waals surface area contributed by atoms with E-state index in [1.807, 2.05) is 0 Å². The Morgan fingerprint density at radius 3 is 3.15 bits per heavy atom. The highest BCUT2D eigenvalue weighted by Crippen LogP contribution is 2.19. The number of hydrogen-bond acceptors (Lipinski definition) is 5. The molecule has 0 atom stereocenters. The van der Waals surface area contributed by atoms with Crippen molar-refractivity contribution in [2.75, 3.05) is 19.0 Å². The van der Waals surface area contributed by atoms with Gasteiger partial charge in [0.2, 0.25) is 0 Å². The van der Waals surface area contributed by atoms with Crippen LogP contribution < -0.4 is 10.1 Å². The quantitative estimate of drug-likeness (QED) is 0.844. The van der Waals surface area contributed by atoms with Crippen molar-refractivity contribution in [2.24, 2.45) is 0 Å². The van der Waals surface area contributed by atoms with E-state index in [1.54, 1.807) is 37.6 Å². The number of hydrogen-bond donors (Lipinski definition) is 2. The molecular weight excluding hydrogens is 276 g/mol. The van der Waals surface area contributed by atoms with Gasteiger partial charge in [0.05, 0.1) is 18.2 Å². The van der Waals surface area contributed by atoms with Crippen LogP contribution in [-0.2, 0) is 0 Å². The third-order valence-electron chi connectivity index (χ3n) is 2.35. The molecule has 0 saturated heterocycles. The lowest BCUT2D eigenvalue weighted by molar-refractivity contribution is 0.102. The van der Waals surface area contributed by atoms with Gasteiger partial charge in [-0.3, -0.25) is 10.1 Å². The first-order chi connectivity index (χ1) is 9.72. The van der Waals surface area contributed by atoms with Gasteiger partial charge in [-0.05, 0) is 18.2 Å². The summed E-state index contributed by atoms with van der Waals surface area (Å²) < 4.78 is 5.07. The van der Waals surface area contributed by atoms with E-state index in [0.29, 0.717) is 21.3 Å². The number of ether oxygens (including phenoxy) is 1. The number of amides is 1. The maximum Gasteiger partial charge on any atom is 0.257 e. The molecule has 2 rings (SSSR count). The molecule has 0 bridgehead atoms. The highest BCUT2D eigenvalue weighted by atomic mass is 32.1. The van der Waals surface area contributed by atoms with Gasteiger partial charge in [-0.2, -0.15) is 0 Å². The second kappa shape index (κ2) is 6.70. The Morgan fingerprint density at radius 2 is 2.40 bits per heavy atom. The normalized spacial score (nSPS) is 9.50. The predicted octanol–water partition coefficient (Wildman–Crippen LogP) is 1.75. The van der Waals surface area contributed by atoms with Crippen molar-refractivity contribution < 1.29 is 14.6 Å². The maximum atomic E-state index is 12.0. The van der Waals surface area contributed by atoms with Gasteiger partial charge in [-0.25, -0.2) is 4.98 Å². The Labute approximate surface area is 120 Å². The summed E-state index contributed by atoms with van der Waals surface area (Å²) in [6.07, 6.45) is 1.55. The number of carbonyl (C=O) groups excluding carboxylic acids is 1. The number of thiazole rings is 1. The fraction of sp³-hybridized carbons (Fsp3) is 0.143. The van der Waals surface area contributed by atoms with Crippen molar-refractivity contribution in [1.82, 2.24) is 4.98 Å². The van der Waals surface area contributed by atoms with Crippen molar-refractivity contribution in [3.63, 3.8) is 0 Å². The predicted molar refractivity (Wildman–Crippen MR) is 77.0 cm³/mol. The molecule has 0 spiro atoms. The average molecular weight is 288 g/mol. The summed E-state index contributed by atoms with van der Waals surface area (Å²) in [4.78, 5) is 16.8. The zero-order chi connectivity index (χ0) is 14.4. The minimum absolute atomic E-state index is 0.205. The van der Waals surface area contributed by atoms with E-state index in [2.05, 4.69) is 22.1 Å². The summed E-state index contributed by atoms with van der Waals surface area (Å²) >= 11 is 1.25. The molecule has 0 unspecified atom stereocenters. The van der Waals surface area contributed by atoms with Gasteiger partial charge in [0.1, 0.15) is 12.4 Å². The lowest BCUT2D eigenvalue weighted by Gasteiger charge is -2.03. The fourth-order valence-electron chi connectivity index (χ4n) is 1.45. The Kier molecular flexibility index (Phi) is 4.71. The zero-order valence-electron chi connectivity index (χ0n) is 10.7. The second-order valence-corrected chi connectivity index (χ2v) is 4.71. The lowest BCUT2D eigenvalue weighted by Crippen LogP contribution is -2.11. The Hall–Kier alpha value is -2.36. The topological polar surface area (TPSA) is 71.5 Å². The van der Waals surface area contributed by atoms with Crippen LogP contribution in [0.4, 0.5) is 5.13 Å². The first kappa shape index (κ1) is 14.1. The number of aliphatic hydroxyl groups excluding tert-OH is 1. The van der Waals surface area contributed by atoms with Crippen molar-refractivity contribution in [2.45, 2.75) is 0 Å². The summed E-state index contributed by atoms with van der Waals surface area (Å²) in [5.41, 5.74) is 0.488. The zero-order valence-corrected chi connectivity index (χ0v) is 11.5. The molecule has 102 valence electrons. The van der Waals surface area contributed by atoms with E-state index in [1.165, 1.54) is 11.3 Å². The molecule has 1 heterocycles. The van der Waals surface area contributed by atoms with Crippen molar-refractivity contribution in [3.8, 4) is 17.6 Å². The highest BCUT2D eigenvalue weighted by Gasteiger charge is 2.09. The lowest BCUT2D eigenvalue weighted by atomic mass is 10.2. The number of aliphatic hydroxyl groups is 1. The summed E-state index contributed by atoms with van der Waals surface area (Å²) in [6, 6.07) is 6.85. The summed E-state index contributed by atoms with van der Waals surface area (Å²) in [7, 11) is 1.55. The fourth-order valence-corrected chi connectivity index (χ4v) is 2.14. The van der Waals surface area contributed by atoms with Crippen LogP contribution in [0, 0.1) is 11.8 Å². The van der Waals surface area contributed by atoms with Crippen molar-refractivity contribution in [1.29, 1.82) is 0 Å². The van der Waals surface area contributed by atoms with Crippen LogP contribution in [0.1, 0.15) is 15.2 Å². The van der Waals surface area contributed by atoms with Crippen molar-refractivity contribution >= 4 is 22.4 Å². The van der Waals surface area contributed by atoms with Crippen molar-refractivity contribution in [3.05, 3.63) is 40.9 Å². The first-order valence-electron chi connectivity index (χ1n) is 5.74. The average Bonchev–Trinajstić information content (AvgIpc) is 2.92. The van der Waals surface area contributed by atoms with E-state index >= 15 is 0 Å². The van der Waals surface area contributed by atoms with Gasteiger partial charge in [-0.15, -0.1) is 0 Å². The second-order valence-electron chi connectivity index (χ2n) is 3.68. The van der Waals surface area contributed by atoms with Crippen LogP contribution in [0.25, 0.3) is 0 Å². The standard InChI is InChI=1S/C14H12N2O3S/c1-19-11-5-2-4-10(8-11)13(18)16-14-15-9-12(20-14)6-3-7-17/h2,4-5,8-9,17H,7H2,1H3,(H,15,16,18). The van der Waals surface area contributed by atoms with E-state index in [-0.39, 0.29) is 12.5 Å². The molecule has 1 aromatic heterocycles. The maximum absolute atomic E-state index is 12.0. The number of nitrogens with one attached hydrogen (secondary N) is 1. The molecule has 20 heavy (non-hydrogen) atoms. The first-order valence-corrected chi connectivity index (χ1v) is 6.55. The molecule has 0 fully saturated rings. The molecule has 2 N–H and O–H groups in total. The van der Waals surface area contributed by atoms with Gasteiger partial charge >= 0.3 is 0 Å². The summed E-state index contributed by atoms with van der Waals surface area (Å²) in [6.45, 7) is -0.205. The number of nitrogens with zero attached hydrogens (tertiary/aromatic N) is 1. The summed E-state index contributed by atoms with van der Waals surface area (Å²) in [5, 5.41) is 11.8. The molecule has 1 amide bonds. The summed E-state index contributed by atoms with van der Waals surface area (Å²) in [5.74, 6) is 5.61. The van der Waals surface area contributed by atoms with E-state index < -0.39 is 0 Å². The molecule has 2 aromatic rings. The van der Waals surface area contributed by atoms with E-state index in [4.69, 9.17) is 9.84 Å². The van der Waals surface area contributed by atoms with Gasteiger partial charge in [-0.1, -0.05) is 29.2 Å². The highest BCUT2D eigenvalue weighted by molar-refractivity contribution is 7.16. The number of anilines is 1. The minimum Gasteiger partial charge on any atom is -0.497 e. The smallest absolute Gasteiger partial charge is 0.257 e. The molecule has 0 aliphatic heterocycles. The van der Waals surface area contributed by atoms with Crippen LogP contribution >= 0.6 is 11.3 Å². The molecule has 0 aliphatic rings. The Morgan fingerprint density at radius 1 is 1.55 bits per heavy atom. The van der Waals surface area contributed by atoms with Gasteiger partial charge in [0.25, 0.3) is 5.91 Å². The minimum atomic E-state index is -0.264. The third-order valence-corrected chi connectivity index (χ3v) is 3.18. The Bertz CT molecular complexity index is 670. The Balaban J connectivity index is 2.09. The molecule has 5 nitrogen and oxygen atoms in total. The van der Waals surface area contributed by atoms with E-state index in [9.17, 15) is 4.79 Å². The number of benzene rings is 1. The van der Waals surface area contributed by atoms with Crippen LogP contribution in [0.5, 0.6) is 5.75 Å². The van der Waals surface area contributed by atoms with Crippen LogP contribution in [0.15, 0.2) is 30.5 Å². The van der Waals surface area contributed by atoms with Crippen LogP contribution in [0.3, 0.4) is 0 Å². The van der Waals surface area contributed by atoms with Gasteiger partial charge in [0.15, 0.2) is 5.13 Å². The molecule has 0 radical (unpaired) electrons. The largest absolute Gasteiger partial charge is 0.497 e. The molecule has 6 heteroatoms. The van der Waals surface area contributed by atoms with Gasteiger partial charge in [0, 0.05) is 5.56 Å². The van der Waals surface area contributed by atoms with Crippen LogP contribution in [0.2, 0.25) is 0 Å². The number of rotatable bonds is 3. The molecule has 0 aliphatic carbocycles. The number of methoxy groups -OCH3 is 1. The molecule has 0 saturated carbocycles. The molecular formula is C14H12N2O3S. The monoisotopic (exact) mass is 288 g/mol. The van der Waals surface area contributed by atoms with E-state index in [0.717, 1.165) is 0 Å². The number of aromatic nitrogens is 1. The molecule has 1 aromatic carbocycles. The van der Waals surface area contributed by atoms with Gasteiger partial charge < -0.3 is 9.84 Å². The third kappa shape index (κ3) is 3.57. The number of carbonyl (C=O) groups is 1. The van der Waals surface area contributed by atoms with Crippen LogP contribution in [-0.4, -0.2) is 29.7 Å².